The first-order valence-electron chi connectivity index (χ1n) is 6.53. The van der Waals surface area contributed by atoms with Crippen molar-refractivity contribution in [2.24, 2.45) is 0 Å². The molecule has 2 unspecified atom stereocenters. The van der Waals surface area contributed by atoms with Gasteiger partial charge in [0.15, 0.2) is 0 Å². The van der Waals surface area contributed by atoms with Crippen LogP contribution in [0.4, 0.5) is 4.79 Å². The Bertz CT molecular complexity index is 578. The molecule has 2 N–H and O–H groups in total. The van der Waals surface area contributed by atoms with Crippen LogP contribution in [0.2, 0.25) is 0 Å². The van der Waals surface area contributed by atoms with Crippen molar-refractivity contribution in [3.05, 3.63) is 0 Å². The lowest BCUT2D eigenvalue weighted by atomic mass is 9.80. The van der Waals surface area contributed by atoms with Gasteiger partial charge in [-0.05, 0) is 32.9 Å². The molecular weight excluding hydrogens is 336 g/mol. The molecule has 126 valence electrons. The average Bonchev–Trinajstić information content (AvgIpc) is 2.81. The van der Waals surface area contributed by atoms with Gasteiger partial charge in [-0.2, -0.15) is 25.2 Å². The number of thioether (sulfide) groups is 1. The van der Waals surface area contributed by atoms with Gasteiger partial charge >= 0.3 is 16.5 Å². The van der Waals surface area contributed by atoms with E-state index in [1.54, 1.807) is 20.8 Å². The fourth-order valence-electron chi connectivity index (χ4n) is 2.40. The summed E-state index contributed by atoms with van der Waals surface area (Å²) in [7, 11) is -4.81. The molecule has 11 heteroatoms. The van der Waals surface area contributed by atoms with E-state index in [4.69, 9.17) is 9.29 Å². The predicted octanol–water partition coefficient (Wildman–Crippen LogP) is 0.332. The van der Waals surface area contributed by atoms with Crippen LogP contribution in [0.15, 0.2) is 0 Å². The second kappa shape index (κ2) is 5.55. The maximum atomic E-state index is 12.0. The summed E-state index contributed by atoms with van der Waals surface area (Å²) in [6.07, 6.45) is -0.340. The van der Waals surface area contributed by atoms with Crippen molar-refractivity contribution in [1.29, 1.82) is 0 Å². The number of hydrogen-bond acceptors (Lipinski definition) is 7. The summed E-state index contributed by atoms with van der Waals surface area (Å²) in [5, 5.41) is 3.08. The number of carbonyl (C=O) groups excluding carboxylic acids is 2. The fraction of sp³-hybridized carbons (Fsp3) is 0.818. The molecule has 0 radical (unpaired) electrons. The van der Waals surface area contributed by atoms with Crippen LogP contribution in [-0.2, 0) is 24.2 Å². The van der Waals surface area contributed by atoms with E-state index in [1.165, 1.54) is 11.8 Å². The van der Waals surface area contributed by atoms with Gasteiger partial charge in [0.25, 0.3) is 5.91 Å². The van der Waals surface area contributed by atoms with Crippen LogP contribution in [-0.4, -0.2) is 58.7 Å². The molecule has 22 heavy (non-hydrogen) atoms. The molecule has 2 saturated heterocycles. The minimum absolute atomic E-state index is 0.384. The molecule has 2 amide bonds. The molecule has 2 aliphatic heterocycles. The van der Waals surface area contributed by atoms with Gasteiger partial charge < -0.3 is 10.1 Å². The van der Waals surface area contributed by atoms with E-state index in [0.717, 1.165) is 0 Å². The number of nitrogens with zero attached hydrogens (tertiary/aromatic N) is 1. The van der Waals surface area contributed by atoms with E-state index in [-0.39, 0.29) is 0 Å². The summed E-state index contributed by atoms with van der Waals surface area (Å²) >= 11 is 1.49. The first kappa shape index (κ1) is 17.3. The van der Waals surface area contributed by atoms with E-state index >= 15 is 0 Å². The van der Waals surface area contributed by atoms with Crippen molar-refractivity contribution in [3.63, 3.8) is 0 Å². The van der Waals surface area contributed by atoms with E-state index in [2.05, 4.69) is 9.60 Å². The van der Waals surface area contributed by atoms with Gasteiger partial charge in [-0.15, -0.1) is 4.28 Å². The molecule has 9 nitrogen and oxygen atoms in total. The molecule has 0 bridgehead atoms. The Morgan fingerprint density at radius 2 is 2.14 bits per heavy atom. The summed E-state index contributed by atoms with van der Waals surface area (Å²) in [6.45, 7) is 5.05. The highest BCUT2D eigenvalue weighted by molar-refractivity contribution is 7.99. The summed E-state index contributed by atoms with van der Waals surface area (Å²) in [6, 6.07) is -0.945. The molecule has 1 spiro atoms. The van der Waals surface area contributed by atoms with Gasteiger partial charge in [-0.1, -0.05) is 0 Å². The standard InChI is InChI=1S/C11H18N2O7S2/c1-10(2,3)19-9(15)12-7-8(14)13(20-22(16,17)18)11(7)4-5-21-6-11/h7H,4-6H2,1-3H3,(H,12,15)(H,16,17,18). The van der Waals surface area contributed by atoms with Crippen LogP contribution in [0.3, 0.4) is 0 Å². The maximum Gasteiger partial charge on any atom is 0.418 e. The van der Waals surface area contributed by atoms with Gasteiger partial charge in [0.1, 0.15) is 17.2 Å². The highest BCUT2D eigenvalue weighted by atomic mass is 32.3. The van der Waals surface area contributed by atoms with E-state index in [0.29, 0.717) is 23.0 Å². The third-order valence-corrected chi connectivity index (χ3v) is 4.78. The number of hydrogen-bond donors (Lipinski definition) is 2. The zero-order valence-corrected chi connectivity index (χ0v) is 14.0. The van der Waals surface area contributed by atoms with Gasteiger partial charge in [0.2, 0.25) is 0 Å². The molecule has 2 atom stereocenters. The SMILES string of the molecule is CC(C)(C)OC(=O)NC1C(=O)N(OS(=O)(=O)O)C12CCSC2. The van der Waals surface area contributed by atoms with Crippen LogP contribution >= 0.6 is 11.8 Å². The largest absolute Gasteiger partial charge is 0.444 e. The second-order valence-corrected chi connectivity index (χ2v) is 8.23. The van der Waals surface area contributed by atoms with Gasteiger partial charge in [0, 0.05) is 5.75 Å². The fourth-order valence-corrected chi connectivity index (χ4v) is 4.24. The predicted molar refractivity (Wildman–Crippen MR) is 77.3 cm³/mol. The lowest BCUT2D eigenvalue weighted by molar-refractivity contribution is -0.220. The quantitative estimate of drug-likeness (QED) is 0.549. The molecule has 2 aliphatic rings. The molecular formula is C11H18N2O7S2. The van der Waals surface area contributed by atoms with Crippen molar-refractivity contribution >= 4 is 34.2 Å². The normalized spacial score (nSPS) is 28.6. The minimum Gasteiger partial charge on any atom is -0.444 e. The number of amides is 2. The Kier molecular flexibility index (Phi) is 4.37. The van der Waals surface area contributed by atoms with E-state index < -0.39 is 39.6 Å². The van der Waals surface area contributed by atoms with Gasteiger partial charge in [-0.3, -0.25) is 9.35 Å². The number of alkyl carbamates (subject to hydrolysis) is 1. The van der Waals surface area contributed by atoms with Crippen molar-refractivity contribution < 1.29 is 31.6 Å². The van der Waals surface area contributed by atoms with Crippen LogP contribution in [0, 0.1) is 0 Å². The average molecular weight is 354 g/mol. The Balaban J connectivity index is 2.12. The van der Waals surface area contributed by atoms with Crippen LogP contribution in [0.25, 0.3) is 0 Å². The summed E-state index contributed by atoms with van der Waals surface area (Å²) in [5.74, 6) is 0.311. The zero-order chi connectivity index (χ0) is 16.8. The van der Waals surface area contributed by atoms with Crippen molar-refractivity contribution in [1.82, 2.24) is 10.4 Å². The van der Waals surface area contributed by atoms with E-state index in [1.807, 2.05) is 0 Å². The topological polar surface area (TPSA) is 122 Å². The highest BCUT2D eigenvalue weighted by Gasteiger charge is 2.65. The molecule has 0 saturated carbocycles. The number of β-lactam (4-membered cyclic amide) rings is 1. The van der Waals surface area contributed by atoms with Gasteiger partial charge in [-0.25, -0.2) is 4.79 Å². The minimum atomic E-state index is -4.81. The molecule has 0 aromatic rings. The Labute approximate surface area is 132 Å². The molecule has 2 rings (SSSR count). The Morgan fingerprint density at radius 1 is 1.50 bits per heavy atom. The van der Waals surface area contributed by atoms with Crippen molar-refractivity contribution in [2.75, 3.05) is 11.5 Å². The number of hydroxylamine groups is 2. The Hall–Kier alpha value is -1.04. The highest BCUT2D eigenvalue weighted by Crippen LogP contribution is 2.44. The number of carbonyl (C=O) groups is 2. The van der Waals surface area contributed by atoms with Crippen LogP contribution < -0.4 is 5.32 Å². The molecule has 0 aromatic carbocycles. The Morgan fingerprint density at radius 3 is 2.59 bits per heavy atom. The monoisotopic (exact) mass is 354 g/mol. The summed E-state index contributed by atoms with van der Waals surface area (Å²) in [5.41, 5.74) is -1.71. The zero-order valence-electron chi connectivity index (χ0n) is 12.4. The van der Waals surface area contributed by atoms with Crippen LogP contribution in [0.1, 0.15) is 27.2 Å². The third-order valence-electron chi connectivity index (χ3n) is 3.25. The number of nitrogens with one attached hydrogen (secondary N) is 1. The lowest BCUT2D eigenvalue weighted by Gasteiger charge is -2.52. The molecule has 0 aromatic heterocycles. The van der Waals surface area contributed by atoms with Crippen molar-refractivity contribution in [3.8, 4) is 0 Å². The smallest absolute Gasteiger partial charge is 0.418 e. The number of ether oxygens (including phenoxy) is 1. The lowest BCUT2D eigenvalue weighted by Crippen LogP contribution is -2.79. The third kappa shape index (κ3) is 3.47. The summed E-state index contributed by atoms with van der Waals surface area (Å²) < 4.78 is 39.9. The molecule has 0 aliphatic carbocycles. The maximum absolute atomic E-state index is 12.0. The van der Waals surface area contributed by atoms with Crippen molar-refractivity contribution in [2.45, 2.75) is 44.4 Å². The van der Waals surface area contributed by atoms with E-state index in [9.17, 15) is 18.0 Å². The number of rotatable bonds is 3. The first-order chi connectivity index (χ1) is 9.95. The second-order valence-electron chi connectivity index (χ2n) is 6.12. The van der Waals surface area contributed by atoms with Crippen LogP contribution in [0.5, 0.6) is 0 Å². The summed E-state index contributed by atoms with van der Waals surface area (Å²) in [4.78, 5) is 23.9. The first-order valence-corrected chi connectivity index (χ1v) is 9.05. The molecule has 2 heterocycles. The van der Waals surface area contributed by atoms with Gasteiger partial charge in [0.05, 0.1) is 0 Å². The molecule has 2 fully saturated rings.